The third-order valence-electron chi connectivity index (χ3n) is 4.63. The van der Waals surface area contributed by atoms with Gasteiger partial charge in [0.25, 0.3) is 0 Å². The smallest absolute Gasteiger partial charge is 0.307 e. The highest BCUT2D eigenvalue weighted by Gasteiger charge is 2.33. The number of hydrogen-bond donors (Lipinski definition) is 4. The average Bonchev–Trinajstić information content (AvgIpc) is 3.33. The van der Waals surface area contributed by atoms with Crippen LogP contribution in [0.2, 0.25) is 5.02 Å². The lowest BCUT2D eigenvalue weighted by molar-refractivity contribution is 0.245. The second kappa shape index (κ2) is 10.5. The van der Waals surface area contributed by atoms with E-state index in [4.69, 9.17) is 21.6 Å². The second-order valence-electron chi connectivity index (χ2n) is 7.00. The highest BCUT2D eigenvalue weighted by atomic mass is 35.5. The van der Waals surface area contributed by atoms with E-state index in [1.807, 2.05) is 0 Å². The van der Waals surface area contributed by atoms with Crippen molar-refractivity contribution in [2.75, 3.05) is 20.6 Å². The fourth-order valence-electron chi connectivity index (χ4n) is 3.00. The van der Waals surface area contributed by atoms with Crippen molar-refractivity contribution in [1.82, 2.24) is 10.3 Å². The summed E-state index contributed by atoms with van der Waals surface area (Å²) < 4.78 is 4.75. The van der Waals surface area contributed by atoms with Crippen LogP contribution in [0.4, 0.5) is 32.5 Å². The predicted octanol–water partition coefficient (Wildman–Crippen LogP) is 5.21. The molecule has 0 atom stereocenters. The van der Waals surface area contributed by atoms with E-state index in [1.54, 1.807) is 72.8 Å². The fourth-order valence-corrected chi connectivity index (χ4v) is 3.19. The van der Waals surface area contributed by atoms with Crippen LogP contribution in [0.25, 0.3) is 0 Å². The van der Waals surface area contributed by atoms with Crippen molar-refractivity contribution in [2.45, 2.75) is 0 Å². The molecule has 11 nitrogen and oxygen atoms in total. The molecule has 1 aromatic heterocycles. The van der Waals surface area contributed by atoms with E-state index in [0.29, 0.717) is 26.4 Å². The van der Waals surface area contributed by atoms with Crippen molar-refractivity contribution in [2.24, 2.45) is 0 Å². The Morgan fingerprint density at radius 2 is 1.43 bits per heavy atom. The largest absolute Gasteiger partial charge is 0.336 e. The SMILES string of the molecule is N=C(c1nonc1N(C(=O)Nc1ccccc1)C(=O)Nc1ccccc1)N(O)c1cccc(Cl)c1. The van der Waals surface area contributed by atoms with Crippen molar-refractivity contribution < 1.29 is 19.4 Å². The Bertz CT molecular complexity index is 1290. The van der Waals surface area contributed by atoms with E-state index >= 15 is 0 Å². The lowest BCUT2D eigenvalue weighted by Crippen LogP contribution is -2.44. The number of hydrogen-bond acceptors (Lipinski definition) is 7. The summed E-state index contributed by atoms with van der Waals surface area (Å²) in [5.74, 6) is -1.04. The minimum absolute atomic E-state index is 0.144. The number of nitrogens with zero attached hydrogens (tertiary/aromatic N) is 4. The molecule has 0 saturated carbocycles. The Labute approximate surface area is 204 Å². The van der Waals surface area contributed by atoms with Crippen LogP contribution in [0.1, 0.15) is 5.69 Å². The van der Waals surface area contributed by atoms with Gasteiger partial charge >= 0.3 is 12.1 Å². The molecule has 4 rings (SSSR count). The quantitative estimate of drug-likeness (QED) is 0.170. The standard InChI is InChI=1S/C23H18ClN7O4/c24-15-8-7-13-18(14-15)31(34)20(25)19-21(29-35-28-19)30(22(32)26-16-9-3-1-4-10-16)23(33)27-17-11-5-2-6-12-17/h1-14,25,34H,(H,26,32)(H,27,33). The minimum Gasteiger partial charge on any atom is -0.307 e. The maximum atomic E-state index is 13.2. The fraction of sp³-hybridized carbons (Fsp3) is 0. The molecule has 0 aliphatic carbocycles. The van der Waals surface area contributed by atoms with Gasteiger partial charge in [-0.3, -0.25) is 10.6 Å². The molecule has 0 aliphatic heterocycles. The topological polar surface area (TPSA) is 148 Å². The maximum Gasteiger partial charge on any atom is 0.336 e. The molecule has 3 aromatic carbocycles. The summed E-state index contributed by atoms with van der Waals surface area (Å²) in [5.41, 5.74) is 0.584. The number of amidine groups is 1. The van der Waals surface area contributed by atoms with E-state index < -0.39 is 23.7 Å². The first-order valence-electron chi connectivity index (χ1n) is 10.1. The van der Waals surface area contributed by atoms with Crippen LogP contribution in [0, 0.1) is 5.41 Å². The van der Waals surface area contributed by atoms with E-state index in [9.17, 15) is 14.8 Å². The highest BCUT2D eigenvalue weighted by Crippen LogP contribution is 2.24. The van der Waals surface area contributed by atoms with Crippen molar-refractivity contribution in [1.29, 1.82) is 5.41 Å². The van der Waals surface area contributed by atoms with Gasteiger partial charge in [-0.25, -0.2) is 19.3 Å². The lowest BCUT2D eigenvalue weighted by Gasteiger charge is -2.21. The van der Waals surface area contributed by atoms with Gasteiger partial charge in [-0.05, 0) is 52.8 Å². The van der Waals surface area contributed by atoms with E-state index in [-0.39, 0.29) is 11.4 Å². The Morgan fingerprint density at radius 3 is 1.97 bits per heavy atom. The van der Waals surface area contributed by atoms with Gasteiger partial charge in [-0.15, -0.1) is 0 Å². The summed E-state index contributed by atoms with van der Waals surface area (Å²) in [4.78, 5) is 27.0. The zero-order valence-electron chi connectivity index (χ0n) is 17.9. The maximum absolute atomic E-state index is 13.2. The van der Waals surface area contributed by atoms with Gasteiger partial charge in [0.15, 0.2) is 11.5 Å². The minimum atomic E-state index is -0.901. The number of rotatable bonds is 5. The van der Waals surface area contributed by atoms with Crippen molar-refractivity contribution in [3.63, 3.8) is 0 Å². The molecule has 176 valence electrons. The first kappa shape index (κ1) is 23.4. The first-order valence-corrected chi connectivity index (χ1v) is 10.5. The van der Waals surface area contributed by atoms with Crippen molar-refractivity contribution in [3.05, 3.63) is 95.6 Å². The van der Waals surface area contributed by atoms with Crippen LogP contribution < -0.4 is 20.6 Å². The van der Waals surface area contributed by atoms with Gasteiger partial charge in [-0.2, -0.15) is 4.90 Å². The van der Waals surface area contributed by atoms with E-state index in [1.165, 1.54) is 12.1 Å². The number of amides is 4. The molecular weight excluding hydrogens is 474 g/mol. The van der Waals surface area contributed by atoms with Crippen LogP contribution in [-0.2, 0) is 0 Å². The molecular formula is C23H18ClN7O4. The number of carbonyl (C=O) groups excluding carboxylic acids is 2. The molecule has 1 heterocycles. The van der Waals surface area contributed by atoms with Gasteiger partial charge < -0.3 is 10.6 Å². The number of para-hydroxylation sites is 2. The van der Waals surface area contributed by atoms with Crippen LogP contribution in [0.15, 0.2) is 89.6 Å². The van der Waals surface area contributed by atoms with Crippen molar-refractivity contribution in [3.8, 4) is 0 Å². The number of aromatic nitrogens is 2. The number of nitrogens with one attached hydrogen (secondary N) is 3. The third kappa shape index (κ3) is 5.43. The third-order valence-corrected chi connectivity index (χ3v) is 4.86. The normalized spacial score (nSPS) is 10.3. The zero-order chi connectivity index (χ0) is 24.8. The summed E-state index contributed by atoms with van der Waals surface area (Å²) >= 11 is 5.97. The van der Waals surface area contributed by atoms with Crippen LogP contribution in [-0.4, -0.2) is 33.4 Å². The summed E-state index contributed by atoms with van der Waals surface area (Å²) in [6, 6.07) is 21.1. The summed E-state index contributed by atoms with van der Waals surface area (Å²) in [6.07, 6.45) is 0. The number of benzene rings is 3. The number of imide groups is 1. The van der Waals surface area contributed by atoms with Gasteiger partial charge in [0.05, 0.1) is 5.69 Å². The van der Waals surface area contributed by atoms with Crippen LogP contribution in [0.3, 0.4) is 0 Å². The summed E-state index contributed by atoms with van der Waals surface area (Å²) in [6.45, 7) is 0. The number of anilines is 4. The highest BCUT2D eigenvalue weighted by molar-refractivity contribution is 6.31. The molecule has 4 amide bonds. The van der Waals surface area contributed by atoms with Crippen molar-refractivity contribution >= 4 is 52.4 Å². The molecule has 4 N–H and O–H groups in total. The Kier molecular flexibility index (Phi) is 7.00. The monoisotopic (exact) mass is 491 g/mol. The van der Waals surface area contributed by atoms with Gasteiger partial charge in [0.2, 0.25) is 5.82 Å². The van der Waals surface area contributed by atoms with Gasteiger partial charge in [0, 0.05) is 16.4 Å². The second-order valence-corrected chi connectivity index (χ2v) is 7.44. The molecule has 12 heteroatoms. The Balaban J connectivity index is 1.68. The Morgan fingerprint density at radius 1 is 0.857 bits per heavy atom. The number of urea groups is 2. The molecule has 0 aliphatic rings. The molecule has 0 unspecified atom stereocenters. The molecule has 0 fully saturated rings. The predicted molar refractivity (Wildman–Crippen MR) is 130 cm³/mol. The zero-order valence-corrected chi connectivity index (χ0v) is 18.7. The lowest BCUT2D eigenvalue weighted by atomic mass is 10.3. The number of carbonyl (C=O) groups is 2. The number of halogens is 1. The molecule has 4 aromatic rings. The van der Waals surface area contributed by atoms with Crippen LogP contribution in [0.5, 0.6) is 0 Å². The molecule has 0 radical (unpaired) electrons. The summed E-state index contributed by atoms with van der Waals surface area (Å²) in [5, 5.41) is 32.2. The molecule has 0 bridgehead atoms. The molecule has 0 saturated heterocycles. The molecule has 0 spiro atoms. The van der Waals surface area contributed by atoms with Crippen LogP contribution >= 0.6 is 11.6 Å². The molecule has 35 heavy (non-hydrogen) atoms. The number of hydroxylamine groups is 1. The average molecular weight is 492 g/mol. The summed E-state index contributed by atoms with van der Waals surface area (Å²) in [7, 11) is 0. The van der Waals surface area contributed by atoms with Gasteiger partial charge in [0.1, 0.15) is 0 Å². The van der Waals surface area contributed by atoms with Gasteiger partial charge in [-0.1, -0.05) is 54.1 Å². The Hall–Kier alpha value is -4.74. The first-order chi connectivity index (χ1) is 16.9. The van der Waals surface area contributed by atoms with E-state index in [2.05, 4.69) is 20.9 Å². The van der Waals surface area contributed by atoms with E-state index in [0.717, 1.165) is 0 Å².